The first-order valence-corrected chi connectivity index (χ1v) is 7.85. The van der Waals surface area contributed by atoms with Gasteiger partial charge in [0.15, 0.2) is 5.78 Å². The van der Waals surface area contributed by atoms with Gasteiger partial charge in [0.2, 0.25) is 5.91 Å². The molecule has 0 aliphatic rings. The number of aryl methyl sites for hydroxylation is 2. The fourth-order valence-electron chi connectivity index (χ4n) is 2.73. The molecule has 126 valence electrons. The minimum atomic E-state index is -0.0547. The van der Waals surface area contributed by atoms with Gasteiger partial charge in [-0.3, -0.25) is 9.59 Å². The molecule has 0 saturated heterocycles. The number of ketones is 1. The molecule has 0 heterocycles. The highest BCUT2D eigenvalue weighted by molar-refractivity contribution is 5.97. The molecule has 0 atom stereocenters. The van der Waals surface area contributed by atoms with E-state index in [1.165, 1.54) is 6.92 Å². The van der Waals surface area contributed by atoms with E-state index in [9.17, 15) is 9.59 Å². The van der Waals surface area contributed by atoms with Crippen LogP contribution in [0.15, 0.2) is 36.4 Å². The Morgan fingerprint density at radius 1 is 1.08 bits per heavy atom. The second kappa shape index (κ2) is 7.30. The molecular weight excluding hydrogens is 302 g/mol. The molecule has 4 nitrogen and oxygen atoms in total. The molecule has 0 fully saturated rings. The van der Waals surface area contributed by atoms with Gasteiger partial charge < -0.3 is 9.64 Å². The summed E-state index contributed by atoms with van der Waals surface area (Å²) in [6.07, 6.45) is 0.175. The number of hydrogen-bond acceptors (Lipinski definition) is 3. The number of anilines is 1. The molecule has 0 bridgehead atoms. The van der Waals surface area contributed by atoms with E-state index in [1.807, 2.05) is 26.0 Å². The Labute approximate surface area is 143 Å². The van der Waals surface area contributed by atoms with E-state index < -0.39 is 0 Å². The zero-order valence-corrected chi connectivity index (χ0v) is 14.8. The summed E-state index contributed by atoms with van der Waals surface area (Å²) < 4.78 is 5.32. The lowest BCUT2D eigenvalue weighted by atomic mass is 10.0. The van der Waals surface area contributed by atoms with Gasteiger partial charge in [-0.1, -0.05) is 17.7 Å². The average molecular weight is 325 g/mol. The predicted octanol–water partition coefficient (Wildman–Crippen LogP) is 3.72. The third-order valence-corrected chi connectivity index (χ3v) is 4.12. The summed E-state index contributed by atoms with van der Waals surface area (Å²) in [5, 5.41) is 0. The van der Waals surface area contributed by atoms with Crippen molar-refractivity contribution in [2.45, 2.75) is 27.2 Å². The maximum Gasteiger partial charge on any atom is 0.231 e. The van der Waals surface area contributed by atoms with E-state index in [-0.39, 0.29) is 18.1 Å². The minimum Gasteiger partial charge on any atom is -0.496 e. The Morgan fingerprint density at radius 3 is 2.38 bits per heavy atom. The van der Waals surface area contributed by atoms with Crippen molar-refractivity contribution in [1.29, 1.82) is 0 Å². The molecule has 24 heavy (non-hydrogen) atoms. The van der Waals surface area contributed by atoms with Crippen LogP contribution >= 0.6 is 0 Å². The number of hydrogen-bond donors (Lipinski definition) is 0. The van der Waals surface area contributed by atoms with Crippen LogP contribution in [-0.4, -0.2) is 25.8 Å². The number of carbonyl (C=O) groups is 2. The number of likely N-dealkylation sites (N-methyl/N-ethyl adjacent to an activating group) is 1. The number of amides is 1. The molecule has 0 N–H and O–H groups in total. The lowest BCUT2D eigenvalue weighted by Gasteiger charge is -2.21. The van der Waals surface area contributed by atoms with E-state index in [0.717, 1.165) is 16.8 Å². The number of benzene rings is 2. The van der Waals surface area contributed by atoms with Crippen LogP contribution < -0.4 is 9.64 Å². The van der Waals surface area contributed by atoms with Crippen molar-refractivity contribution >= 4 is 17.4 Å². The van der Waals surface area contributed by atoms with Crippen LogP contribution in [0.25, 0.3) is 0 Å². The molecule has 0 aromatic heterocycles. The summed E-state index contributed by atoms with van der Waals surface area (Å²) in [6, 6.07) is 11.2. The highest BCUT2D eigenvalue weighted by atomic mass is 16.5. The van der Waals surface area contributed by atoms with Crippen molar-refractivity contribution in [2.75, 3.05) is 19.1 Å². The fraction of sp³-hybridized carbons (Fsp3) is 0.300. The first kappa shape index (κ1) is 17.7. The Kier molecular flexibility index (Phi) is 5.39. The standard InChI is InChI=1S/C20H23NO3/c1-13-6-8-18(14(2)10-13)21(4)20(23)12-17-11-16(15(3)22)7-9-19(17)24-5/h6-11H,12H2,1-5H3. The van der Waals surface area contributed by atoms with Gasteiger partial charge in [-0.05, 0) is 50.6 Å². The van der Waals surface area contributed by atoms with Gasteiger partial charge in [-0.15, -0.1) is 0 Å². The van der Waals surface area contributed by atoms with E-state index in [0.29, 0.717) is 16.9 Å². The molecule has 2 rings (SSSR count). The van der Waals surface area contributed by atoms with E-state index >= 15 is 0 Å². The lowest BCUT2D eigenvalue weighted by molar-refractivity contribution is -0.117. The zero-order chi connectivity index (χ0) is 17.9. The number of methoxy groups -OCH3 is 1. The smallest absolute Gasteiger partial charge is 0.231 e. The number of ether oxygens (including phenoxy) is 1. The maximum absolute atomic E-state index is 12.7. The monoisotopic (exact) mass is 325 g/mol. The summed E-state index contributed by atoms with van der Waals surface area (Å²) in [6.45, 7) is 5.52. The van der Waals surface area contributed by atoms with Gasteiger partial charge in [0, 0.05) is 23.9 Å². The highest BCUT2D eigenvalue weighted by Crippen LogP contribution is 2.24. The van der Waals surface area contributed by atoms with Crippen LogP contribution in [0.5, 0.6) is 5.75 Å². The second-order valence-corrected chi connectivity index (χ2v) is 6.00. The number of carbonyl (C=O) groups excluding carboxylic acids is 2. The Balaban J connectivity index is 2.28. The van der Waals surface area contributed by atoms with E-state index in [1.54, 1.807) is 37.3 Å². The van der Waals surface area contributed by atoms with Crippen molar-refractivity contribution < 1.29 is 14.3 Å². The summed E-state index contributed by atoms with van der Waals surface area (Å²) in [4.78, 5) is 25.9. The summed E-state index contributed by atoms with van der Waals surface area (Å²) in [5.41, 5.74) is 4.38. The summed E-state index contributed by atoms with van der Waals surface area (Å²) >= 11 is 0. The van der Waals surface area contributed by atoms with Crippen LogP contribution in [0.4, 0.5) is 5.69 Å². The summed E-state index contributed by atoms with van der Waals surface area (Å²) in [7, 11) is 3.33. The number of nitrogens with zero attached hydrogens (tertiary/aromatic N) is 1. The molecule has 2 aromatic carbocycles. The maximum atomic E-state index is 12.7. The predicted molar refractivity (Wildman–Crippen MR) is 96.0 cm³/mol. The molecule has 0 spiro atoms. The van der Waals surface area contributed by atoms with Gasteiger partial charge in [-0.2, -0.15) is 0 Å². The molecular formula is C20H23NO3. The van der Waals surface area contributed by atoms with Gasteiger partial charge in [0.25, 0.3) is 0 Å². The third-order valence-electron chi connectivity index (χ3n) is 4.12. The molecule has 2 aromatic rings. The van der Waals surface area contributed by atoms with Gasteiger partial charge in [0.1, 0.15) is 5.75 Å². The first-order valence-electron chi connectivity index (χ1n) is 7.85. The van der Waals surface area contributed by atoms with Gasteiger partial charge >= 0.3 is 0 Å². The van der Waals surface area contributed by atoms with Crippen LogP contribution in [-0.2, 0) is 11.2 Å². The van der Waals surface area contributed by atoms with Crippen molar-refractivity contribution in [3.8, 4) is 5.75 Å². The lowest BCUT2D eigenvalue weighted by Crippen LogP contribution is -2.28. The molecule has 0 radical (unpaired) electrons. The van der Waals surface area contributed by atoms with E-state index in [2.05, 4.69) is 6.07 Å². The molecule has 0 aliphatic heterocycles. The summed E-state index contributed by atoms with van der Waals surface area (Å²) in [5.74, 6) is 0.525. The minimum absolute atomic E-state index is 0.0333. The van der Waals surface area contributed by atoms with Crippen molar-refractivity contribution in [1.82, 2.24) is 0 Å². The quantitative estimate of drug-likeness (QED) is 0.787. The van der Waals surface area contributed by atoms with Crippen molar-refractivity contribution in [3.63, 3.8) is 0 Å². The second-order valence-electron chi connectivity index (χ2n) is 6.00. The van der Waals surface area contributed by atoms with Gasteiger partial charge in [0.05, 0.1) is 13.5 Å². The first-order chi connectivity index (χ1) is 11.3. The number of rotatable bonds is 5. The molecule has 0 unspecified atom stereocenters. The highest BCUT2D eigenvalue weighted by Gasteiger charge is 2.17. The van der Waals surface area contributed by atoms with Crippen LogP contribution in [0.2, 0.25) is 0 Å². The van der Waals surface area contributed by atoms with Crippen LogP contribution in [0, 0.1) is 13.8 Å². The Hall–Kier alpha value is -2.62. The average Bonchev–Trinajstić information content (AvgIpc) is 2.54. The van der Waals surface area contributed by atoms with Crippen molar-refractivity contribution in [3.05, 3.63) is 58.7 Å². The topological polar surface area (TPSA) is 46.6 Å². The normalized spacial score (nSPS) is 10.4. The third kappa shape index (κ3) is 3.82. The fourth-order valence-corrected chi connectivity index (χ4v) is 2.73. The number of Topliss-reactive ketones (excluding diaryl/α,β-unsaturated/α-hetero) is 1. The molecule has 0 saturated carbocycles. The molecule has 1 amide bonds. The SMILES string of the molecule is COc1ccc(C(C)=O)cc1CC(=O)N(C)c1ccc(C)cc1C. The Morgan fingerprint density at radius 2 is 1.79 bits per heavy atom. The van der Waals surface area contributed by atoms with E-state index in [4.69, 9.17) is 4.74 Å². The Bertz CT molecular complexity index is 780. The van der Waals surface area contributed by atoms with Crippen LogP contribution in [0.3, 0.4) is 0 Å². The molecule has 4 heteroatoms. The van der Waals surface area contributed by atoms with Crippen LogP contribution in [0.1, 0.15) is 34.0 Å². The molecule has 0 aliphatic carbocycles. The zero-order valence-electron chi connectivity index (χ0n) is 14.8. The van der Waals surface area contributed by atoms with Crippen molar-refractivity contribution in [2.24, 2.45) is 0 Å². The van der Waals surface area contributed by atoms with Gasteiger partial charge in [-0.25, -0.2) is 0 Å². The largest absolute Gasteiger partial charge is 0.496 e.